The first-order valence-corrected chi connectivity index (χ1v) is 6.72. The second-order valence-corrected chi connectivity index (χ2v) is 5.07. The number of morpholine rings is 1. The van der Waals surface area contributed by atoms with Gasteiger partial charge in [0.15, 0.2) is 6.10 Å². The summed E-state index contributed by atoms with van der Waals surface area (Å²) in [7, 11) is 0. The molecule has 0 spiro atoms. The van der Waals surface area contributed by atoms with Crippen LogP contribution in [0.25, 0.3) is 0 Å². The number of rotatable bonds is 3. The molecule has 0 aliphatic carbocycles. The van der Waals surface area contributed by atoms with Crippen molar-refractivity contribution in [2.45, 2.75) is 39.1 Å². The largest absolute Gasteiger partial charge is 0.481 e. The summed E-state index contributed by atoms with van der Waals surface area (Å²) in [4.78, 5) is 14.2. The van der Waals surface area contributed by atoms with Gasteiger partial charge in [-0.05, 0) is 32.9 Å². The van der Waals surface area contributed by atoms with Crippen LogP contribution in [0, 0.1) is 0 Å². The van der Waals surface area contributed by atoms with Crippen molar-refractivity contribution in [1.82, 2.24) is 4.90 Å². The van der Waals surface area contributed by atoms with E-state index in [1.807, 2.05) is 49.1 Å². The lowest BCUT2D eigenvalue weighted by Crippen LogP contribution is -2.51. The standard InChI is InChI=1S/C15H21NO3/c1-11-9-16(10-12(2)18-11)15(17)13(3)19-14-7-5-4-6-8-14/h4-8,11-13H,9-10H2,1-3H3/t11-,12+,13-/m0/s1. The van der Waals surface area contributed by atoms with Gasteiger partial charge in [0.05, 0.1) is 12.2 Å². The van der Waals surface area contributed by atoms with Crippen LogP contribution in [0.15, 0.2) is 30.3 Å². The molecule has 1 aliphatic heterocycles. The maximum atomic E-state index is 12.3. The van der Waals surface area contributed by atoms with Crippen LogP contribution in [0.2, 0.25) is 0 Å². The minimum atomic E-state index is -0.472. The van der Waals surface area contributed by atoms with Crippen LogP contribution >= 0.6 is 0 Å². The van der Waals surface area contributed by atoms with E-state index in [1.54, 1.807) is 6.92 Å². The summed E-state index contributed by atoms with van der Waals surface area (Å²) < 4.78 is 11.3. The van der Waals surface area contributed by atoms with E-state index in [1.165, 1.54) is 0 Å². The van der Waals surface area contributed by atoms with Gasteiger partial charge in [0.25, 0.3) is 5.91 Å². The molecule has 1 heterocycles. The summed E-state index contributed by atoms with van der Waals surface area (Å²) in [5, 5.41) is 0. The SMILES string of the molecule is C[C@@H]1CN(C(=O)[C@H](C)Oc2ccccc2)C[C@H](C)O1. The summed E-state index contributed by atoms with van der Waals surface area (Å²) in [5.74, 6) is 0.739. The highest BCUT2D eigenvalue weighted by Gasteiger charge is 2.29. The smallest absolute Gasteiger partial charge is 0.263 e. The Balaban J connectivity index is 1.95. The van der Waals surface area contributed by atoms with E-state index in [-0.39, 0.29) is 18.1 Å². The molecule has 3 atom stereocenters. The number of para-hydroxylation sites is 1. The number of carbonyl (C=O) groups excluding carboxylic acids is 1. The molecule has 1 fully saturated rings. The molecule has 1 aliphatic rings. The van der Waals surface area contributed by atoms with Gasteiger partial charge in [-0.2, -0.15) is 0 Å². The maximum absolute atomic E-state index is 12.3. The molecule has 0 radical (unpaired) electrons. The van der Waals surface area contributed by atoms with Gasteiger partial charge in [0, 0.05) is 13.1 Å². The lowest BCUT2D eigenvalue weighted by Gasteiger charge is -2.36. The van der Waals surface area contributed by atoms with Crippen molar-refractivity contribution in [3.05, 3.63) is 30.3 Å². The summed E-state index contributed by atoms with van der Waals surface area (Å²) in [6, 6.07) is 9.42. The van der Waals surface area contributed by atoms with Crippen LogP contribution in [0.5, 0.6) is 5.75 Å². The number of ether oxygens (including phenoxy) is 2. The summed E-state index contributed by atoms with van der Waals surface area (Å²) in [6.45, 7) is 7.02. The molecular weight excluding hydrogens is 242 g/mol. The number of hydrogen-bond donors (Lipinski definition) is 0. The van der Waals surface area contributed by atoms with Crippen molar-refractivity contribution in [1.29, 1.82) is 0 Å². The first-order chi connectivity index (χ1) is 9.06. The van der Waals surface area contributed by atoms with Gasteiger partial charge in [-0.15, -0.1) is 0 Å². The molecule has 0 unspecified atom stereocenters. The average molecular weight is 263 g/mol. The molecule has 104 valence electrons. The summed E-state index contributed by atoms with van der Waals surface area (Å²) in [5.41, 5.74) is 0. The normalized spacial score (nSPS) is 24.9. The fourth-order valence-corrected chi connectivity index (χ4v) is 2.37. The number of nitrogens with zero attached hydrogens (tertiary/aromatic N) is 1. The van der Waals surface area contributed by atoms with Crippen LogP contribution in [-0.2, 0) is 9.53 Å². The van der Waals surface area contributed by atoms with Gasteiger partial charge in [0.1, 0.15) is 5.75 Å². The van der Waals surface area contributed by atoms with Gasteiger partial charge in [-0.25, -0.2) is 0 Å². The molecule has 1 aromatic rings. The molecule has 1 aromatic carbocycles. The van der Waals surface area contributed by atoms with Crippen molar-refractivity contribution in [2.24, 2.45) is 0 Å². The Hall–Kier alpha value is -1.55. The van der Waals surface area contributed by atoms with Gasteiger partial charge in [-0.1, -0.05) is 18.2 Å². The topological polar surface area (TPSA) is 38.8 Å². The molecule has 0 aromatic heterocycles. The molecule has 4 heteroatoms. The van der Waals surface area contributed by atoms with Gasteiger partial charge >= 0.3 is 0 Å². The minimum Gasteiger partial charge on any atom is -0.481 e. The van der Waals surface area contributed by atoms with E-state index in [2.05, 4.69) is 0 Å². The zero-order valence-electron chi connectivity index (χ0n) is 11.7. The first-order valence-electron chi connectivity index (χ1n) is 6.72. The van der Waals surface area contributed by atoms with Crippen LogP contribution < -0.4 is 4.74 Å². The van der Waals surface area contributed by atoms with E-state index in [4.69, 9.17) is 9.47 Å². The van der Waals surface area contributed by atoms with Gasteiger partial charge in [-0.3, -0.25) is 4.79 Å². The Kier molecular flexibility index (Phi) is 4.43. The molecule has 4 nitrogen and oxygen atoms in total. The number of carbonyl (C=O) groups is 1. The Morgan fingerprint density at radius 1 is 1.26 bits per heavy atom. The predicted molar refractivity (Wildman–Crippen MR) is 73.1 cm³/mol. The van der Waals surface area contributed by atoms with Crippen molar-refractivity contribution in [3.63, 3.8) is 0 Å². The van der Waals surface area contributed by atoms with E-state index in [0.717, 1.165) is 5.75 Å². The second-order valence-electron chi connectivity index (χ2n) is 5.07. The molecule has 0 N–H and O–H groups in total. The molecule has 0 bridgehead atoms. The lowest BCUT2D eigenvalue weighted by molar-refractivity contribution is -0.149. The number of hydrogen-bond acceptors (Lipinski definition) is 3. The summed E-state index contributed by atoms with van der Waals surface area (Å²) in [6.07, 6.45) is -0.312. The number of amides is 1. The Morgan fingerprint density at radius 2 is 1.84 bits per heavy atom. The molecule has 2 rings (SSSR count). The molecule has 1 saturated heterocycles. The lowest BCUT2D eigenvalue weighted by atomic mass is 10.2. The van der Waals surface area contributed by atoms with Crippen molar-refractivity contribution in [2.75, 3.05) is 13.1 Å². The highest BCUT2D eigenvalue weighted by molar-refractivity contribution is 5.81. The first kappa shape index (κ1) is 13.9. The maximum Gasteiger partial charge on any atom is 0.263 e. The molecule has 0 saturated carbocycles. The van der Waals surface area contributed by atoms with Crippen LogP contribution in [-0.4, -0.2) is 42.2 Å². The average Bonchev–Trinajstić information content (AvgIpc) is 2.37. The van der Waals surface area contributed by atoms with E-state index < -0.39 is 6.10 Å². The Labute approximate surface area is 114 Å². The van der Waals surface area contributed by atoms with Gasteiger partial charge in [0.2, 0.25) is 0 Å². The van der Waals surface area contributed by atoms with Crippen molar-refractivity contribution in [3.8, 4) is 5.75 Å². The third-order valence-corrected chi connectivity index (χ3v) is 3.14. The summed E-state index contributed by atoms with van der Waals surface area (Å²) >= 11 is 0. The fourth-order valence-electron chi connectivity index (χ4n) is 2.37. The number of benzene rings is 1. The van der Waals surface area contributed by atoms with Crippen molar-refractivity contribution < 1.29 is 14.3 Å². The second kappa shape index (κ2) is 6.06. The zero-order chi connectivity index (χ0) is 13.8. The van der Waals surface area contributed by atoms with E-state index in [0.29, 0.717) is 13.1 Å². The highest BCUT2D eigenvalue weighted by atomic mass is 16.5. The van der Waals surface area contributed by atoms with Gasteiger partial charge < -0.3 is 14.4 Å². The fraction of sp³-hybridized carbons (Fsp3) is 0.533. The Morgan fingerprint density at radius 3 is 2.42 bits per heavy atom. The van der Waals surface area contributed by atoms with E-state index >= 15 is 0 Å². The zero-order valence-corrected chi connectivity index (χ0v) is 11.7. The monoisotopic (exact) mass is 263 g/mol. The quantitative estimate of drug-likeness (QED) is 0.838. The predicted octanol–water partition coefficient (Wildman–Crippen LogP) is 2.09. The molecular formula is C15H21NO3. The van der Waals surface area contributed by atoms with Crippen LogP contribution in [0.3, 0.4) is 0 Å². The van der Waals surface area contributed by atoms with E-state index in [9.17, 15) is 4.79 Å². The highest BCUT2D eigenvalue weighted by Crippen LogP contribution is 2.15. The third kappa shape index (κ3) is 3.70. The molecule has 1 amide bonds. The Bertz CT molecular complexity index is 411. The van der Waals surface area contributed by atoms with Crippen LogP contribution in [0.1, 0.15) is 20.8 Å². The minimum absolute atomic E-state index is 0.0193. The van der Waals surface area contributed by atoms with Crippen molar-refractivity contribution >= 4 is 5.91 Å². The van der Waals surface area contributed by atoms with Crippen LogP contribution in [0.4, 0.5) is 0 Å². The molecule has 19 heavy (non-hydrogen) atoms. The third-order valence-electron chi connectivity index (χ3n) is 3.14.